The molecule has 1 aliphatic carbocycles. The molecule has 1 unspecified atom stereocenters. The van der Waals surface area contributed by atoms with Crippen LogP contribution in [0.15, 0.2) is 18.5 Å². The van der Waals surface area contributed by atoms with Crippen molar-refractivity contribution < 1.29 is 9.47 Å². The summed E-state index contributed by atoms with van der Waals surface area (Å²) in [6, 6.07) is 1.89. The van der Waals surface area contributed by atoms with E-state index in [1.54, 1.807) is 20.4 Å². The molecule has 0 amide bonds. The maximum absolute atomic E-state index is 5.77. The first-order valence-electron chi connectivity index (χ1n) is 6.26. The molecule has 0 bridgehead atoms. The average molecular weight is 251 g/mol. The molecule has 1 aromatic heterocycles. The van der Waals surface area contributed by atoms with Crippen molar-refractivity contribution in [3.8, 4) is 5.75 Å². The lowest BCUT2D eigenvalue weighted by Crippen LogP contribution is -2.46. The molecule has 1 saturated carbocycles. The van der Waals surface area contributed by atoms with Crippen molar-refractivity contribution >= 4 is 0 Å². The van der Waals surface area contributed by atoms with E-state index in [9.17, 15) is 0 Å². The van der Waals surface area contributed by atoms with Crippen LogP contribution in [0.5, 0.6) is 5.75 Å². The molecular weight excluding hydrogens is 230 g/mol. The van der Waals surface area contributed by atoms with Crippen molar-refractivity contribution in [2.24, 2.45) is 5.84 Å². The molecule has 2 rings (SSSR count). The molecule has 1 heterocycles. The second-order valence-electron chi connectivity index (χ2n) is 4.73. The van der Waals surface area contributed by atoms with Gasteiger partial charge >= 0.3 is 0 Å². The summed E-state index contributed by atoms with van der Waals surface area (Å²) in [7, 11) is 3.39. The Morgan fingerprint density at radius 2 is 2.06 bits per heavy atom. The van der Waals surface area contributed by atoms with Crippen LogP contribution < -0.4 is 16.0 Å². The molecule has 5 nitrogen and oxygen atoms in total. The normalized spacial score (nSPS) is 19.7. The quantitative estimate of drug-likeness (QED) is 0.614. The lowest BCUT2D eigenvalue weighted by molar-refractivity contribution is -0.0369. The smallest absolute Gasteiger partial charge is 0.137 e. The minimum absolute atomic E-state index is 0.0624. The van der Waals surface area contributed by atoms with E-state index in [4.69, 9.17) is 15.3 Å². The Bertz CT molecular complexity index is 392. The topological polar surface area (TPSA) is 69.4 Å². The molecule has 0 aromatic carbocycles. The van der Waals surface area contributed by atoms with Crippen LogP contribution in [-0.2, 0) is 4.74 Å². The fourth-order valence-corrected chi connectivity index (χ4v) is 2.84. The van der Waals surface area contributed by atoms with E-state index in [-0.39, 0.29) is 11.6 Å². The van der Waals surface area contributed by atoms with Gasteiger partial charge in [0.25, 0.3) is 0 Å². The van der Waals surface area contributed by atoms with Crippen LogP contribution in [0, 0.1) is 0 Å². The Balaban J connectivity index is 2.31. The summed E-state index contributed by atoms with van der Waals surface area (Å²) >= 11 is 0. The zero-order chi connectivity index (χ0) is 13.0. The number of hydrogen-bond acceptors (Lipinski definition) is 5. The maximum Gasteiger partial charge on any atom is 0.137 e. The van der Waals surface area contributed by atoms with Crippen LogP contribution in [0.25, 0.3) is 0 Å². The molecule has 1 aromatic rings. The molecule has 0 spiro atoms. The standard InChI is InChI=1S/C13H21N3O2/c1-17-11-7-10(8-15-9-11)12(16-14)13(18-2)5-3-4-6-13/h7-9,12,16H,3-6,14H2,1-2H3. The van der Waals surface area contributed by atoms with Crippen LogP contribution in [0.3, 0.4) is 0 Å². The highest BCUT2D eigenvalue weighted by Gasteiger charge is 2.42. The number of hydrogen-bond donors (Lipinski definition) is 2. The van der Waals surface area contributed by atoms with Gasteiger partial charge in [0.15, 0.2) is 0 Å². The second-order valence-corrected chi connectivity index (χ2v) is 4.73. The zero-order valence-electron chi connectivity index (χ0n) is 11.0. The van der Waals surface area contributed by atoms with Crippen molar-refractivity contribution in [3.63, 3.8) is 0 Å². The van der Waals surface area contributed by atoms with E-state index in [2.05, 4.69) is 10.4 Å². The number of hydrazine groups is 1. The van der Waals surface area contributed by atoms with Gasteiger partial charge < -0.3 is 9.47 Å². The lowest BCUT2D eigenvalue weighted by Gasteiger charge is -2.36. The highest BCUT2D eigenvalue weighted by molar-refractivity contribution is 5.28. The molecule has 5 heteroatoms. The third kappa shape index (κ3) is 2.34. The molecule has 18 heavy (non-hydrogen) atoms. The molecule has 0 aliphatic heterocycles. The summed E-state index contributed by atoms with van der Waals surface area (Å²) in [6.07, 6.45) is 7.86. The molecule has 1 fully saturated rings. The number of rotatable bonds is 5. The van der Waals surface area contributed by atoms with Gasteiger partial charge in [0, 0.05) is 13.3 Å². The predicted molar refractivity (Wildman–Crippen MR) is 69.1 cm³/mol. The lowest BCUT2D eigenvalue weighted by atomic mass is 9.88. The third-order valence-corrected chi connectivity index (χ3v) is 3.85. The van der Waals surface area contributed by atoms with Crippen molar-refractivity contribution in [3.05, 3.63) is 24.0 Å². The van der Waals surface area contributed by atoms with Crippen LogP contribution in [0.2, 0.25) is 0 Å². The Hall–Kier alpha value is -1.17. The van der Waals surface area contributed by atoms with Gasteiger partial charge in [-0.15, -0.1) is 0 Å². The van der Waals surface area contributed by atoms with Crippen LogP contribution in [-0.4, -0.2) is 24.8 Å². The summed E-state index contributed by atoms with van der Waals surface area (Å²) in [4.78, 5) is 4.19. The largest absolute Gasteiger partial charge is 0.495 e. The highest BCUT2D eigenvalue weighted by atomic mass is 16.5. The van der Waals surface area contributed by atoms with Gasteiger partial charge in [-0.2, -0.15) is 0 Å². The molecule has 3 N–H and O–H groups in total. The molecule has 1 atom stereocenters. The summed E-state index contributed by atoms with van der Waals surface area (Å²) in [5.74, 6) is 6.47. The van der Waals surface area contributed by atoms with Gasteiger partial charge in [0.05, 0.1) is 24.9 Å². The van der Waals surface area contributed by atoms with Gasteiger partial charge in [0.2, 0.25) is 0 Å². The Morgan fingerprint density at radius 3 is 2.61 bits per heavy atom. The Morgan fingerprint density at radius 1 is 1.33 bits per heavy atom. The first-order chi connectivity index (χ1) is 8.75. The first-order valence-corrected chi connectivity index (χ1v) is 6.26. The van der Waals surface area contributed by atoms with Crippen molar-refractivity contribution in [1.82, 2.24) is 10.4 Å². The number of ether oxygens (including phenoxy) is 2. The van der Waals surface area contributed by atoms with E-state index in [0.29, 0.717) is 0 Å². The van der Waals surface area contributed by atoms with Crippen LogP contribution in [0.4, 0.5) is 0 Å². The van der Waals surface area contributed by atoms with Gasteiger partial charge in [-0.1, -0.05) is 12.8 Å². The number of aromatic nitrogens is 1. The van der Waals surface area contributed by atoms with Gasteiger partial charge in [-0.05, 0) is 24.5 Å². The SMILES string of the molecule is COc1cncc(C(NN)C2(OC)CCCC2)c1. The van der Waals surface area contributed by atoms with E-state index in [0.717, 1.165) is 24.2 Å². The maximum atomic E-state index is 5.77. The Labute approximate surface area is 108 Å². The number of methoxy groups -OCH3 is 2. The predicted octanol–water partition coefficient (Wildman–Crippen LogP) is 1.55. The summed E-state index contributed by atoms with van der Waals surface area (Å²) < 4.78 is 11.0. The number of nitrogens with zero attached hydrogens (tertiary/aromatic N) is 1. The molecule has 0 saturated heterocycles. The van der Waals surface area contributed by atoms with Gasteiger partial charge in [0.1, 0.15) is 5.75 Å². The monoisotopic (exact) mass is 251 g/mol. The molecule has 100 valence electrons. The van der Waals surface area contributed by atoms with Gasteiger partial charge in [-0.3, -0.25) is 16.3 Å². The fourth-order valence-electron chi connectivity index (χ4n) is 2.84. The van der Waals surface area contributed by atoms with Crippen LogP contribution >= 0.6 is 0 Å². The fraction of sp³-hybridized carbons (Fsp3) is 0.615. The number of nitrogens with two attached hydrogens (primary N) is 1. The molecule has 1 aliphatic rings. The van der Waals surface area contributed by atoms with E-state index < -0.39 is 0 Å². The minimum atomic E-state index is -0.233. The van der Waals surface area contributed by atoms with Crippen LogP contribution in [0.1, 0.15) is 37.3 Å². The van der Waals surface area contributed by atoms with Crippen molar-refractivity contribution in [1.29, 1.82) is 0 Å². The summed E-state index contributed by atoms with van der Waals surface area (Å²) in [5, 5.41) is 0. The number of pyridine rings is 1. The molecule has 0 radical (unpaired) electrons. The molecular formula is C13H21N3O2. The second kappa shape index (κ2) is 5.65. The average Bonchev–Trinajstić information content (AvgIpc) is 2.90. The van der Waals surface area contributed by atoms with Gasteiger partial charge in [-0.25, -0.2) is 0 Å². The van der Waals surface area contributed by atoms with E-state index in [1.165, 1.54) is 12.8 Å². The van der Waals surface area contributed by atoms with Crippen molar-refractivity contribution in [2.45, 2.75) is 37.3 Å². The number of nitrogens with one attached hydrogen (secondary N) is 1. The summed E-state index contributed by atoms with van der Waals surface area (Å²) in [5.41, 5.74) is 3.65. The van der Waals surface area contributed by atoms with E-state index >= 15 is 0 Å². The highest BCUT2D eigenvalue weighted by Crippen LogP contribution is 2.42. The zero-order valence-corrected chi connectivity index (χ0v) is 11.0. The third-order valence-electron chi connectivity index (χ3n) is 3.85. The Kier molecular flexibility index (Phi) is 4.16. The van der Waals surface area contributed by atoms with Crippen molar-refractivity contribution in [2.75, 3.05) is 14.2 Å². The minimum Gasteiger partial charge on any atom is -0.495 e. The van der Waals surface area contributed by atoms with E-state index in [1.807, 2.05) is 12.3 Å². The first kappa shape index (κ1) is 13.3. The summed E-state index contributed by atoms with van der Waals surface area (Å²) in [6.45, 7) is 0.